The lowest BCUT2D eigenvalue weighted by Crippen LogP contribution is -2.68. The Balaban J connectivity index is 1.89. The molecule has 4 saturated heterocycles. The lowest BCUT2D eigenvalue weighted by molar-refractivity contribution is -0.338. The van der Waals surface area contributed by atoms with Crippen molar-refractivity contribution in [1.82, 2.24) is 10.2 Å². The van der Waals surface area contributed by atoms with E-state index in [0.29, 0.717) is 6.42 Å². The van der Waals surface area contributed by atoms with E-state index in [-0.39, 0.29) is 37.2 Å². The van der Waals surface area contributed by atoms with Gasteiger partial charge in [-0.15, -0.1) is 0 Å². The van der Waals surface area contributed by atoms with Crippen LogP contribution in [0.15, 0.2) is 0 Å². The first-order chi connectivity index (χ1) is 24.0. The van der Waals surface area contributed by atoms with Gasteiger partial charge < -0.3 is 58.5 Å². The summed E-state index contributed by atoms with van der Waals surface area (Å²) in [5.41, 5.74) is -4.52. The summed E-state index contributed by atoms with van der Waals surface area (Å²) in [6.07, 6.45) is -8.17. The zero-order valence-electron chi connectivity index (χ0n) is 33.3. The molecule has 5 N–H and O–H groups in total. The van der Waals surface area contributed by atoms with E-state index < -0.39 is 101 Å². The first kappa shape index (κ1) is 43.4. The van der Waals surface area contributed by atoms with Crippen LogP contribution in [-0.4, -0.2) is 149 Å². The molecule has 1 unspecified atom stereocenters. The molecule has 4 rings (SSSR count). The van der Waals surface area contributed by atoms with Gasteiger partial charge in [-0.1, -0.05) is 27.7 Å². The van der Waals surface area contributed by atoms with Crippen LogP contribution in [0.2, 0.25) is 0 Å². The molecule has 4 heterocycles. The Morgan fingerprint density at radius 1 is 0.904 bits per heavy atom. The molecule has 52 heavy (non-hydrogen) atoms. The third-order valence-electron chi connectivity index (χ3n) is 12.4. The molecule has 0 saturated carbocycles. The zero-order valence-corrected chi connectivity index (χ0v) is 33.3. The number of nitrogens with one attached hydrogen (secondary N) is 1. The summed E-state index contributed by atoms with van der Waals surface area (Å²) in [6, 6.07) is -0.382. The first-order valence-corrected chi connectivity index (χ1v) is 18.8. The lowest BCUT2D eigenvalue weighted by atomic mass is 9.76. The minimum atomic E-state index is -1.99. The van der Waals surface area contributed by atoms with Crippen LogP contribution >= 0.6 is 0 Å². The number of esters is 1. The fourth-order valence-corrected chi connectivity index (χ4v) is 8.96. The molecule has 0 radical (unpaired) electrons. The first-order valence-electron chi connectivity index (χ1n) is 18.8. The molecule has 4 fully saturated rings. The van der Waals surface area contributed by atoms with Gasteiger partial charge in [-0.25, -0.2) is 5.32 Å². The Kier molecular flexibility index (Phi) is 13.4. The number of fused-ring (bicyclic) bond motifs is 1. The number of cyclic esters (lactones) is 1. The van der Waals surface area contributed by atoms with E-state index in [9.17, 15) is 30.0 Å². The van der Waals surface area contributed by atoms with Gasteiger partial charge in [0.2, 0.25) is 0 Å². The number of hydrogen-bond donors (Lipinski definition) is 5. The van der Waals surface area contributed by atoms with E-state index in [1.165, 1.54) is 28.1 Å². The van der Waals surface area contributed by atoms with Gasteiger partial charge in [0.15, 0.2) is 12.0 Å². The minimum absolute atomic E-state index is 0.00302. The van der Waals surface area contributed by atoms with Crippen molar-refractivity contribution in [3.05, 3.63) is 0 Å². The average molecular weight is 747 g/mol. The van der Waals surface area contributed by atoms with Crippen LogP contribution in [0, 0.1) is 23.7 Å². The van der Waals surface area contributed by atoms with E-state index in [4.69, 9.17) is 33.2 Å². The van der Waals surface area contributed by atoms with Crippen molar-refractivity contribution >= 4 is 11.8 Å². The highest BCUT2D eigenvalue weighted by molar-refractivity contribution is 5.83. The Labute approximate surface area is 308 Å². The standard InChI is InChI=1S/C37H66N2O13/c1-14-25-35(9,45)29(41)20(4)27(40)18(2)16-36(47-13)32(52-37(38-36)31(43)24(39(10)11)15-19(3)51-37)21(5)28(22(6)33(44)49-25)50-26-17-34(8,46-12)30(42)23(7)48-26/h18-26,28-32,38,41-43,45H,14-17H2,1-13H3/t18-,19-,20+,21+,22-,23+,24+,25?,26+,28+,29-,30+,31-,32-,34+,35-,36-,37-/m1/s1. The summed E-state index contributed by atoms with van der Waals surface area (Å²) >= 11 is 0. The van der Waals surface area contributed by atoms with E-state index >= 15 is 0 Å². The van der Waals surface area contributed by atoms with Crippen molar-refractivity contribution in [2.24, 2.45) is 23.7 Å². The number of likely N-dealkylation sites (N-methyl/N-ethyl adjacent to an activating group) is 1. The van der Waals surface area contributed by atoms with Gasteiger partial charge in [0, 0.05) is 50.9 Å². The van der Waals surface area contributed by atoms with E-state index in [0.717, 1.165) is 0 Å². The molecule has 0 bridgehead atoms. The van der Waals surface area contributed by atoms with Crippen LogP contribution in [-0.2, 0) is 42.7 Å². The quantitative estimate of drug-likeness (QED) is 0.244. The molecule has 0 aromatic carbocycles. The van der Waals surface area contributed by atoms with Gasteiger partial charge in [0.1, 0.15) is 35.8 Å². The maximum Gasteiger partial charge on any atom is 0.311 e. The summed E-state index contributed by atoms with van der Waals surface area (Å²) in [4.78, 5) is 30.2. The smallest absolute Gasteiger partial charge is 0.311 e. The van der Waals surface area contributed by atoms with Crippen LogP contribution in [0.1, 0.15) is 88.0 Å². The summed E-state index contributed by atoms with van der Waals surface area (Å²) < 4.78 is 44.2. The van der Waals surface area contributed by atoms with E-state index in [1.807, 2.05) is 32.8 Å². The van der Waals surface area contributed by atoms with Crippen LogP contribution in [0.3, 0.4) is 0 Å². The lowest BCUT2D eigenvalue weighted by Gasteiger charge is -2.47. The maximum atomic E-state index is 14.2. The van der Waals surface area contributed by atoms with Gasteiger partial charge in [-0.3, -0.25) is 9.59 Å². The number of nitrogens with zero attached hydrogens (tertiary/aromatic N) is 1. The number of ether oxygens (including phenoxy) is 7. The minimum Gasteiger partial charge on any atom is -0.459 e. The second-order valence-corrected chi connectivity index (χ2v) is 16.6. The summed E-state index contributed by atoms with van der Waals surface area (Å²) in [6.45, 7) is 15.1. The molecule has 0 aliphatic carbocycles. The number of hydrogen-bond acceptors (Lipinski definition) is 15. The van der Waals surface area contributed by atoms with Crippen molar-refractivity contribution in [2.45, 2.75) is 172 Å². The van der Waals surface area contributed by atoms with Crippen molar-refractivity contribution in [2.75, 3.05) is 28.3 Å². The Hall–Kier alpha value is -1.34. The number of Topliss-reactive ketones (excluding diaryl/α,β-unsaturated/α-hetero) is 1. The highest BCUT2D eigenvalue weighted by atomic mass is 16.8. The van der Waals surface area contributed by atoms with Crippen molar-refractivity contribution < 1.29 is 63.2 Å². The van der Waals surface area contributed by atoms with Crippen molar-refractivity contribution in [3.8, 4) is 0 Å². The monoisotopic (exact) mass is 746 g/mol. The zero-order chi connectivity index (χ0) is 39.3. The van der Waals surface area contributed by atoms with Crippen LogP contribution in [0.5, 0.6) is 0 Å². The van der Waals surface area contributed by atoms with E-state index in [2.05, 4.69) is 5.32 Å². The summed E-state index contributed by atoms with van der Waals surface area (Å²) in [5, 5.41) is 49.4. The molecule has 0 aromatic rings. The fourth-order valence-electron chi connectivity index (χ4n) is 8.96. The number of ketones is 1. The highest BCUT2D eigenvalue weighted by Crippen LogP contribution is 2.47. The number of carbonyl (C=O) groups is 2. The largest absolute Gasteiger partial charge is 0.459 e. The number of aliphatic hydroxyl groups is 4. The molecule has 302 valence electrons. The van der Waals surface area contributed by atoms with Crippen LogP contribution in [0.4, 0.5) is 0 Å². The maximum absolute atomic E-state index is 14.2. The van der Waals surface area contributed by atoms with Gasteiger partial charge >= 0.3 is 5.97 Å². The summed E-state index contributed by atoms with van der Waals surface area (Å²) in [5.74, 6) is -6.45. The number of aliphatic hydroxyl groups excluding tert-OH is 3. The number of methoxy groups -OCH3 is 2. The van der Waals surface area contributed by atoms with Crippen LogP contribution in [0.25, 0.3) is 0 Å². The highest BCUT2D eigenvalue weighted by Gasteiger charge is 2.66. The Bertz CT molecular complexity index is 1260. The molecular weight excluding hydrogens is 680 g/mol. The molecule has 18 atom stereocenters. The number of carbonyl (C=O) groups excluding carboxylic acids is 2. The molecule has 0 aromatic heterocycles. The normalized spacial score (nSPS) is 51.3. The SMILES string of the molecule is CCC1OC(=O)[C@H](C)[C@@H](O[C@H]2C[C@](C)(OC)[C@@H](O)[C@H](C)O2)[C@H](C)[C@H]2O[C@]3(N[C@@]2(OC)C[C@@H](C)C(=O)[C@H](C)[C@@H](O)[C@]1(C)O)O[C@H](C)C[C@H](N(C)C)[C@H]3O. The topological polar surface area (TPSA) is 195 Å². The Morgan fingerprint density at radius 3 is 2.10 bits per heavy atom. The molecular formula is C37H66N2O13. The van der Waals surface area contributed by atoms with E-state index in [1.54, 1.807) is 34.6 Å². The predicted molar refractivity (Wildman–Crippen MR) is 187 cm³/mol. The second kappa shape index (κ2) is 16.0. The fraction of sp³-hybridized carbons (Fsp3) is 0.946. The van der Waals surface area contributed by atoms with Gasteiger partial charge in [-0.2, -0.15) is 0 Å². The van der Waals surface area contributed by atoms with Crippen LogP contribution < -0.4 is 5.32 Å². The van der Waals surface area contributed by atoms with Gasteiger partial charge in [0.25, 0.3) is 5.91 Å². The molecule has 0 amide bonds. The van der Waals surface area contributed by atoms with Crippen molar-refractivity contribution in [3.63, 3.8) is 0 Å². The molecule has 4 aliphatic rings. The third kappa shape index (κ3) is 7.85. The molecule has 1 spiro atoms. The summed E-state index contributed by atoms with van der Waals surface area (Å²) in [7, 11) is 6.69. The molecule has 15 nitrogen and oxygen atoms in total. The predicted octanol–water partition coefficient (Wildman–Crippen LogP) is 1.31. The van der Waals surface area contributed by atoms with Gasteiger partial charge in [0.05, 0.1) is 35.9 Å². The molecule has 4 aliphatic heterocycles. The molecule has 15 heteroatoms. The van der Waals surface area contributed by atoms with Crippen molar-refractivity contribution in [1.29, 1.82) is 0 Å². The second-order valence-electron chi connectivity index (χ2n) is 16.6. The third-order valence-corrected chi connectivity index (χ3v) is 12.4. The average Bonchev–Trinajstić information content (AvgIpc) is 3.41. The Morgan fingerprint density at radius 2 is 1.54 bits per heavy atom. The number of rotatable bonds is 6. The van der Waals surface area contributed by atoms with Gasteiger partial charge in [-0.05, 0) is 61.6 Å².